The zero-order valence-electron chi connectivity index (χ0n) is 11.2. The van der Waals surface area contributed by atoms with Crippen molar-refractivity contribution in [3.05, 3.63) is 30.1 Å². The maximum Gasteiger partial charge on any atom is 0.223 e. The molecule has 2 atom stereocenters. The molecule has 0 saturated carbocycles. The fourth-order valence-electron chi connectivity index (χ4n) is 2.29. The van der Waals surface area contributed by atoms with Crippen molar-refractivity contribution < 1.29 is 14.6 Å². The SMILES string of the molecule is CCO[C@H]1CN(C(=O)CCc2cccnc2)C[C@@H]1O. The van der Waals surface area contributed by atoms with E-state index in [9.17, 15) is 9.90 Å². The second kappa shape index (κ2) is 6.63. The summed E-state index contributed by atoms with van der Waals surface area (Å²) in [6.45, 7) is 3.30. The molecule has 1 aliphatic rings. The largest absolute Gasteiger partial charge is 0.388 e. The quantitative estimate of drug-likeness (QED) is 0.847. The molecular weight excluding hydrogens is 244 g/mol. The Morgan fingerprint density at radius 3 is 3.11 bits per heavy atom. The van der Waals surface area contributed by atoms with E-state index in [0.717, 1.165) is 5.56 Å². The van der Waals surface area contributed by atoms with E-state index < -0.39 is 6.10 Å². The van der Waals surface area contributed by atoms with Gasteiger partial charge in [0.25, 0.3) is 0 Å². The van der Waals surface area contributed by atoms with Crippen molar-refractivity contribution in [1.82, 2.24) is 9.88 Å². The van der Waals surface area contributed by atoms with Gasteiger partial charge in [-0.15, -0.1) is 0 Å². The first-order chi connectivity index (χ1) is 9.20. The van der Waals surface area contributed by atoms with Crippen LogP contribution in [0.15, 0.2) is 24.5 Å². The lowest BCUT2D eigenvalue weighted by Crippen LogP contribution is -2.30. The van der Waals surface area contributed by atoms with E-state index in [2.05, 4.69) is 4.98 Å². The van der Waals surface area contributed by atoms with Gasteiger partial charge >= 0.3 is 0 Å². The third-order valence-electron chi connectivity index (χ3n) is 3.32. The van der Waals surface area contributed by atoms with Crippen LogP contribution >= 0.6 is 0 Å². The average Bonchev–Trinajstić information content (AvgIpc) is 2.79. The topological polar surface area (TPSA) is 62.7 Å². The summed E-state index contributed by atoms with van der Waals surface area (Å²) < 4.78 is 5.40. The lowest BCUT2D eigenvalue weighted by molar-refractivity contribution is -0.130. The number of nitrogens with zero attached hydrogens (tertiary/aromatic N) is 2. The Labute approximate surface area is 113 Å². The summed E-state index contributed by atoms with van der Waals surface area (Å²) in [6, 6.07) is 3.83. The minimum Gasteiger partial charge on any atom is -0.388 e. The number of likely N-dealkylation sites (tertiary alicyclic amines) is 1. The number of aromatic nitrogens is 1. The number of ether oxygens (including phenoxy) is 1. The van der Waals surface area contributed by atoms with Crippen molar-refractivity contribution in [2.75, 3.05) is 19.7 Å². The highest BCUT2D eigenvalue weighted by molar-refractivity contribution is 5.76. The molecule has 0 bridgehead atoms. The fourth-order valence-corrected chi connectivity index (χ4v) is 2.29. The molecule has 1 amide bonds. The van der Waals surface area contributed by atoms with Gasteiger partial charge in [-0.2, -0.15) is 0 Å². The summed E-state index contributed by atoms with van der Waals surface area (Å²) in [6.07, 6.45) is 3.80. The Hall–Kier alpha value is -1.46. The molecule has 104 valence electrons. The number of β-amino-alcohol motifs (C(OH)–C–C–N with tert-alkyl or cyclic N) is 1. The van der Waals surface area contributed by atoms with Crippen LogP contribution in [0.3, 0.4) is 0 Å². The normalized spacial score (nSPS) is 22.7. The minimum absolute atomic E-state index is 0.0603. The molecule has 0 radical (unpaired) electrons. The maximum absolute atomic E-state index is 12.1. The summed E-state index contributed by atoms with van der Waals surface area (Å²) >= 11 is 0. The van der Waals surface area contributed by atoms with Crippen molar-refractivity contribution >= 4 is 5.91 Å². The Bertz CT molecular complexity index is 410. The first-order valence-electron chi connectivity index (χ1n) is 6.67. The predicted molar refractivity (Wildman–Crippen MR) is 70.6 cm³/mol. The van der Waals surface area contributed by atoms with Crippen molar-refractivity contribution in [3.63, 3.8) is 0 Å². The lowest BCUT2D eigenvalue weighted by atomic mass is 10.1. The summed E-state index contributed by atoms with van der Waals surface area (Å²) in [7, 11) is 0. The fraction of sp³-hybridized carbons (Fsp3) is 0.571. The van der Waals surface area contributed by atoms with E-state index in [0.29, 0.717) is 32.5 Å². The zero-order valence-corrected chi connectivity index (χ0v) is 11.2. The molecular formula is C14H20N2O3. The van der Waals surface area contributed by atoms with E-state index in [1.165, 1.54) is 0 Å². The molecule has 0 unspecified atom stereocenters. The predicted octanol–water partition coefficient (Wildman–Crippen LogP) is 0.622. The number of aryl methyl sites for hydroxylation is 1. The van der Waals surface area contributed by atoms with Crippen LogP contribution in [0, 0.1) is 0 Å². The van der Waals surface area contributed by atoms with Gasteiger partial charge in [0, 0.05) is 38.5 Å². The van der Waals surface area contributed by atoms with Crippen LogP contribution in [0.25, 0.3) is 0 Å². The first-order valence-corrected chi connectivity index (χ1v) is 6.67. The smallest absolute Gasteiger partial charge is 0.223 e. The molecule has 1 N–H and O–H groups in total. The average molecular weight is 264 g/mol. The Morgan fingerprint density at radius 1 is 1.58 bits per heavy atom. The molecule has 5 nitrogen and oxygen atoms in total. The van der Waals surface area contributed by atoms with Crippen molar-refractivity contribution in [1.29, 1.82) is 0 Å². The number of amides is 1. The van der Waals surface area contributed by atoms with Gasteiger partial charge < -0.3 is 14.7 Å². The van der Waals surface area contributed by atoms with E-state index in [1.54, 1.807) is 17.3 Å². The highest BCUT2D eigenvalue weighted by Gasteiger charge is 2.33. The third-order valence-corrected chi connectivity index (χ3v) is 3.32. The van der Waals surface area contributed by atoms with Gasteiger partial charge in [-0.3, -0.25) is 9.78 Å². The van der Waals surface area contributed by atoms with E-state index in [-0.39, 0.29) is 12.0 Å². The van der Waals surface area contributed by atoms with Crippen molar-refractivity contribution in [2.45, 2.75) is 32.0 Å². The Balaban J connectivity index is 1.81. The Kier molecular flexibility index (Phi) is 4.87. The first kappa shape index (κ1) is 14.0. The summed E-state index contributed by atoms with van der Waals surface area (Å²) in [5.74, 6) is 0.0603. The van der Waals surface area contributed by atoms with Gasteiger partial charge in [0.15, 0.2) is 0 Å². The summed E-state index contributed by atoms with van der Waals surface area (Å²) in [4.78, 5) is 17.8. The second-order valence-electron chi connectivity index (χ2n) is 4.72. The summed E-state index contributed by atoms with van der Waals surface area (Å²) in [5.41, 5.74) is 1.05. The minimum atomic E-state index is -0.567. The van der Waals surface area contributed by atoms with Gasteiger partial charge in [-0.05, 0) is 25.0 Å². The van der Waals surface area contributed by atoms with Crippen LogP contribution in [-0.2, 0) is 16.0 Å². The number of carbonyl (C=O) groups excluding carboxylic acids is 1. The number of pyridine rings is 1. The highest BCUT2D eigenvalue weighted by atomic mass is 16.5. The molecule has 1 fully saturated rings. The van der Waals surface area contributed by atoms with Gasteiger partial charge in [0.1, 0.15) is 6.10 Å². The molecule has 1 aliphatic heterocycles. The van der Waals surface area contributed by atoms with Gasteiger partial charge in [-0.1, -0.05) is 6.07 Å². The molecule has 19 heavy (non-hydrogen) atoms. The molecule has 1 saturated heterocycles. The highest BCUT2D eigenvalue weighted by Crippen LogP contribution is 2.15. The number of carbonyl (C=O) groups is 1. The number of rotatable bonds is 5. The van der Waals surface area contributed by atoms with E-state index >= 15 is 0 Å². The molecule has 0 aliphatic carbocycles. The van der Waals surface area contributed by atoms with Gasteiger partial charge in [0.2, 0.25) is 5.91 Å². The van der Waals surface area contributed by atoms with Crippen LogP contribution in [0.5, 0.6) is 0 Å². The molecule has 0 aromatic carbocycles. The standard InChI is InChI=1S/C14H20N2O3/c1-2-19-13-10-16(9-12(13)17)14(18)6-5-11-4-3-7-15-8-11/h3-4,7-8,12-13,17H,2,5-6,9-10H2,1H3/t12-,13-/m0/s1. The number of hydrogen-bond donors (Lipinski definition) is 1. The third kappa shape index (κ3) is 3.75. The van der Waals surface area contributed by atoms with Crippen LogP contribution in [0.2, 0.25) is 0 Å². The molecule has 1 aromatic heterocycles. The van der Waals surface area contributed by atoms with Crippen LogP contribution in [0.1, 0.15) is 18.9 Å². The monoisotopic (exact) mass is 264 g/mol. The van der Waals surface area contributed by atoms with Crippen molar-refractivity contribution in [2.24, 2.45) is 0 Å². The van der Waals surface area contributed by atoms with Crippen LogP contribution < -0.4 is 0 Å². The molecule has 2 rings (SSSR count). The molecule has 5 heteroatoms. The van der Waals surface area contributed by atoms with Gasteiger partial charge in [-0.25, -0.2) is 0 Å². The molecule has 2 heterocycles. The lowest BCUT2D eigenvalue weighted by Gasteiger charge is -2.15. The molecule has 0 spiro atoms. The Morgan fingerprint density at radius 2 is 2.42 bits per heavy atom. The van der Waals surface area contributed by atoms with Crippen LogP contribution in [0.4, 0.5) is 0 Å². The van der Waals surface area contributed by atoms with Crippen molar-refractivity contribution in [3.8, 4) is 0 Å². The van der Waals surface area contributed by atoms with Gasteiger partial charge in [0.05, 0.1) is 6.10 Å². The summed E-state index contributed by atoms with van der Waals surface area (Å²) in [5, 5.41) is 9.80. The van der Waals surface area contributed by atoms with Crippen LogP contribution in [-0.4, -0.2) is 52.8 Å². The number of hydrogen-bond acceptors (Lipinski definition) is 4. The number of aliphatic hydroxyl groups is 1. The van der Waals surface area contributed by atoms with E-state index in [4.69, 9.17) is 4.74 Å². The molecule has 1 aromatic rings. The van der Waals surface area contributed by atoms with E-state index in [1.807, 2.05) is 19.1 Å². The number of aliphatic hydroxyl groups excluding tert-OH is 1. The maximum atomic E-state index is 12.1. The zero-order chi connectivity index (χ0) is 13.7. The second-order valence-corrected chi connectivity index (χ2v) is 4.72.